The Hall–Kier alpha value is -5.30. The van der Waals surface area contributed by atoms with Crippen LogP contribution in [0.1, 0.15) is 73.7 Å². The van der Waals surface area contributed by atoms with E-state index in [-0.39, 0.29) is 49.2 Å². The van der Waals surface area contributed by atoms with Gasteiger partial charge in [0.05, 0.1) is 48.4 Å². The topological polar surface area (TPSA) is 109 Å². The lowest BCUT2D eigenvalue weighted by Crippen LogP contribution is -2.49. The van der Waals surface area contributed by atoms with Crippen molar-refractivity contribution in [3.63, 3.8) is 0 Å². The average Bonchev–Trinajstić information content (AvgIpc) is 3.49. The van der Waals surface area contributed by atoms with Gasteiger partial charge >= 0.3 is 6.09 Å². The minimum Gasteiger partial charge on any atom is -0.444 e. The maximum Gasteiger partial charge on any atom is 0.411 e. The normalized spacial score (nSPS) is 16.9. The quantitative estimate of drug-likeness (QED) is 0.149. The predicted octanol–water partition coefficient (Wildman–Crippen LogP) is 8.29. The van der Waals surface area contributed by atoms with Gasteiger partial charge in [0.25, 0.3) is 0 Å². The molecule has 6 rings (SSSR count). The Bertz CT molecular complexity index is 2060. The summed E-state index contributed by atoms with van der Waals surface area (Å²) < 4.78 is 69.4. The number of nitrogens with one attached hydrogen (secondary N) is 2. The van der Waals surface area contributed by atoms with Crippen molar-refractivity contribution in [3.05, 3.63) is 124 Å². The summed E-state index contributed by atoms with van der Waals surface area (Å²) in [6, 6.07) is 13.5. The molecule has 0 radical (unpaired) electrons. The minimum absolute atomic E-state index is 0.108. The van der Waals surface area contributed by atoms with E-state index in [2.05, 4.69) is 15.3 Å². The lowest BCUT2D eigenvalue weighted by atomic mass is 9.88. The Kier molecular flexibility index (Phi) is 10.6. The molecule has 3 heterocycles. The number of aromatic nitrogens is 3. The fourth-order valence-electron chi connectivity index (χ4n) is 6.36. The van der Waals surface area contributed by atoms with Crippen LogP contribution in [0, 0.1) is 30.2 Å². The molecule has 2 amide bonds. The Morgan fingerprint density at radius 3 is 2.42 bits per heavy atom. The van der Waals surface area contributed by atoms with Crippen molar-refractivity contribution in [1.82, 2.24) is 19.9 Å². The van der Waals surface area contributed by atoms with Crippen LogP contribution in [0.25, 0.3) is 11.0 Å². The maximum absolute atomic E-state index is 15.3. The third-order valence-electron chi connectivity index (χ3n) is 8.81. The fraction of sp³-hybridized carbons (Fsp3) is 0.333. The molecule has 2 aromatic heterocycles. The van der Waals surface area contributed by atoms with E-state index in [1.54, 1.807) is 25.7 Å². The van der Waals surface area contributed by atoms with Gasteiger partial charge in [-0.1, -0.05) is 18.2 Å². The van der Waals surface area contributed by atoms with Crippen LogP contribution in [0.4, 0.5) is 28.0 Å². The van der Waals surface area contributed by atoms with E-state index >= 15 is 4.39 Å². The van der Waals surface area contributed by atoms with Gasteiger partial charge in [0.1, 0.15) is 40.7 Å². The standard InChI is InChI=1S/C39H39F4N5O4/c1-22-5-12-32-33(13-22)47-37(46-32)35-21-51-28(20-48(35)38(50)52-39(2,3)4)10-11-29-31(43)18-44-19-34(29)45-36(49)17-30(23-6-8-25(40)9-7-23)24-14-26(41)16-27(42)15-24/h5-9,12-16,18-19,28,30,35H,10-11,17,20-21H2,1-4H3,(H,45,49)(H,46,47)/t28-,30?,35+/m1/s1. The highest BCUT2D eigenvalue weighted by atomic mass is 19.1. The van der Waals surface area contributed by atoms with Crippen LogP contribution in [-0.4, -0.2) is 56.7 Å². The van der Waals surface area contributed by atoms with Gasteiger partial charge in [0.15, 0.2) is 0 Å². The molecule has 2 N–H and O–H groups in total. The molecule has 1 fully saturated rings. The zero-order valence-electron chi connectivity index (χ0n) is 29.2. The first-order chi connectivity index (χ1) is 24.7. The number of aromatic amines is 1. The molecule has 0 bridgehead atoms. The second kappa shape index (κ2) is 15.1. The first-order valence-corrected chi connectivity index (χ1v) is 16.9. The summed E-state index contributed by atoms with van der Waals surface area (Å²) in [5.41, 5.74) is 2.80. The van der Waals surface area contributed by atoms with Gasteiger partial charge in [-0.05, 0) is 93.6 Å². The van der Waals surface area contributed by atoms with Gasteiger partial charge in [-0.25, -0.2) is 27.3 Å². The molecule has 272 valence electrons. The van der Waals surface area contributed by atoms with E-state index < -0.39 is 58.9 Å². The van der Waals surface area contributed by atoms with Crippen molar-refractivity contribution in [2.45, 2.75) is 70.6 Å². The Morgan fingerprint density at radius 1 is 0.981 bits per heavy atom. The summed E-state index contributed by atoms with van der Waals surface area (Å²) in [6.07, 6.45) is 1.40. The van der Waals surface area contributed by atoms with Gasteiger partial charge in [0.2, 0.25) is 5.91 Å². The second-order valence-corrected chi connectivity index (χ2v) is 14.0. The van der Waals surface area contributed by atoms with Crippen LogP contribution in [0.5, 0.6) is 0 Å². The number of hydrogen-bond donors (Lipinski definition) is 2. The molecule has 1 unspecified atom stereocenters. The van der Waals surface area contributed by atoms with Crippen molar-refractivity contribution in [2.24, 2.45) is 0 Å². The number of benzene rings is 3. The van der Waals surface area contributed by atoms with Crippen molar-refractivity contribution in [3.8, 4) is 0 Å². The molecule has 5 aromatic rings. The van der Waals surface area contributed by atoms with E-state index in [1.165, 1.54) is 30.5 Å². The predicted molar refractivity (Wildman–Crippen MR) is 187 cm³/mol. The number of carbonyl (C=O) groups is 2. The minimum atomic E-state index is -0.839. The van der Waals surface area contributed by atoms with Crippen LogP contribution in [0.15, 0.2) is 73.1 Å². The molecule has 3 aromatic carbocycles. The van der Waals surface area contributed by atoms with Crippen LogP contribution in [0.3, 0.4) is 0 Å². The van der Waals surface area contributed by atoms with E-state index in [4.69, 9.17) is 14.5 Å². The molecule has 0 saturated carbocycles. The maximum atomic E-state index is 15.3. The zero-order chi connectivity index (χ0) is 37.2. The number of nitrogens with zero attached hydrogens (tertiary/aromatic N) is 3. The highest BCUT2D eigenvalue weighted by Crippen LogP contribution is 2.33. The summed E-state index contributed by atoms with van der Waals surface area (Å²) in [6.45, 7) is 7.56. The molecule has 13 heteroatoms. The molecule has 52 heavy (non-hydrogen) atoms. The number of ether oxygens (including phenoxy) is 2. The first kappa shape index (κ1) is 36.5. The summed E-state index contributed by atoms with van der Waals surface area (Å²) in [7, 11) is 0. The van der Waals surface area contributed by atoms with E-state index in [0.29, 0.717) is 11.4 Å². The SMILES string of the molecule is Cc1ccc2nc([C@@H]3CO[C@H](CCc4c(F)cncc4NC(=O)CC(c4ccc(F)cc4)c4cc(F)cc(F)c4)CN3C(=O)OC(C)(C)C)[nH]c2c1. The smallest absolute Gasteiger partial charge is 0.411 e. The lowest BCUT2D eigenvalue weighted by Gasteiger charge is -2.39. The van der Waals surface area contributed by atoms with Crippen LogP contribution < -0.4 is 5.32 Å². The molecular formula is C39H39F4N5O4. The second-order valence-electron chi connectivity index (χ2n) is 14.0. The number of rotatable bonds is 9. The Labute approximate surface area is 298 Å². The number of carbonyl (C=O) groups excluding carboxylic acids is 2. The molecule has 3 atom stereocenters. The highest BCUT2D eigenvalue weighted by molar-refractivity contribution is 5.92. The molecular weight excluding hydrogens is 678 g/mol. The number of halogens is 4. The monoisotopic (exact) mass is 717 g/mol. The summed E-state index contributed by atoms with van der Waals surface area (Å²) in [4.78, 5) is 40.4. The number of morpholine rings is 1. The van der Waals surface area contributed by atoms with Gasteiger partial charge < -0.3 is 19.8 Å². The number of hydrogen-bond acceptors (Lipinski definition) is 6. The number of fused-ring (bicyclic) bond motifs is 1. The van der Waals surface area contributed by atoms with Crippen LogP contribution >= 0.6 is 0 Å². The number of pyridine rings is 1. The van der Waals surface area contributed by atoms with Crippen molar-refractivity contribution >= 4 is 28.7 Å². The van der Waals surface area contributed by atoms with Crippen molar-refractivity contribution < 1.29 is 36.6 Å². The Morgan fingerprint density at radius 2 is 1.71 bits per heavy atom. The van der Waals surface area contributed by atoms with E-state index in [1.807, 2.05) is 25.1 Å². The van der Waals surface area contributed by atoms with E-state index in [9.17, 15) is 22.8 Å². The summed E-state index contributed by atoms with van der Waals surface area (Å²) >= 11 is 0. The van der Waals surface area contributed by atoms with Crippen LogP contribution in [-0.2, 0) is 20.7 Å². The fourth-order valence-corrected chi connectivity index (χ4v) is 6.36. The average molecular weight is 718 g/mol. The van der Waals surface area contributed by atoms with Gasteiger partial charge in [0, 0.05) is 24.0 Å². The molecule has 0 spiro atoms. The summed E-state index contributed by atoms with van der Waals surface area (Å²) in [5.74, 6) is -3.69. The molecule has 0 aliphatic carbocycles. The summed E-state index contributed by atoms with van der Waals surface area (Å²) in [5, 5.41) is 2.71. The number of amides is 2. The third kappa shape index (κ3) is 8.76. The van der Waals surface area contributed by atoms with Crippen LogP contribution in [0.2, 0.25) is 0 Å². The lowest BCUT2D eigenvalue weighted by molar-refractivity contribution is -0.116. The first-order valence-electron chi connectivity index (χ1n) is 16.9. The molecule has 1 aliphatic heterocycles. The molecule has 9 nitrogen and oxygen atoms in total. The van der Waals surface area contributed by atoms with Gasteiger partial charge in [-0.2, -0.15) is 0 Å². The van der Waals surface area contributed by atoms with E-state index in [0.717, 1.165) is 41.0 Å². The molecule has 1 aliphatic rings. The van der Waals surface area contributed by atoms with Crippen molar-refractivity contribution in [1.29, 1.82) is 0 Å². The third-order valence-corrected chi connectivity index (χ3v) is 8.81. The Balaban J connectivity index is 1.18. The number of aryl methyl sites for hydroxylation is 1. The highest BCUT2D eigenvalue weighted by Gasteiger charge is 2.37. The molecule has 1 saturated heterocycles. The zero-order valence-corrected chi connectivity index (χ0v) is 29.2. The van der Waals surface area contributed by atoms with Gasteiger partial charge in [-0.15, -0.1) is 0 Å². The number of H-pyrrole nitrogens is 1. The van der Waals surface area contributed by atoms with Gasteiger partial charge in [-0.3, -0.25) is 14.7 Å². The van der Waals surface area contributed by atoms with Crippen molar-refractivity contribution in [2.75, 3.05) is 18.5 Å². The number of imidazole rings is 1. The number of anilines is 1. The largest absolute Gasteiger partial charge is 0.444 e.